The van der Waals surface area contributed by atoms with Gasteiger partial charge in [-0.15, -0.1) is 0 Å². The SMILES string of the molecule is CNc1nc(O)c(-c2cccc(Br)c2)c(=O)[nH]1. The van der Waals surface area contributed by atoms with Gasteiger partial charge in [-0.1, -0.05) is 28.1 Å². The Morgan fingerprint density at radius 2 is 2.24 bits per heavy atom. The first-order chi connectivity index (χ1) is 8.11. The van der Waals surface area contributed by atoms with Crippen LogP contribution < -0.4 is 10.9 Å². The van der Waals surface area contributed by atoms with Gasteiger partial charge in [0.05, 0.1) is 0 Å². The second-order valence-corrected chi connectivity index (χ2v) is 4.29. The first-order valence-corrected chi connectivity index (χ1v) is 5.68. The van der Waals surface area contributed by atoms with E-state index < -0.39 is 0 Å². The Morgan fingerprint density at radius 3 is 2.82 bits per heavy atom. The molecule has 2 rings (SSSR count). The van der Waals surface area contributed by atoms with E-state index in [9.17, 15) is 9.90 Å². The highest BCUT2D eigenvalue weighted by Crippen LogP contribution is 2.26. The van der Waals surface area contributed by atoms with Crippen molar-refractivity contribution >= 4 is 21.9 Å². The molecule has 88 valence electrons. The van der Waals surface area contributed by atoms with Crippen molar-refractivity contribution in [3.63, 3.8) is 0 Å². The van der Waals surface area contributed by atoms with Crippen molar-refractivity contribution in [2.45, 2.75) is 0 Å². The molecule has 0 saturated heterocycles. The average molecular weight is 296 g/mol. The topological polar surface area (TPSA) is 78.0 Å². The number of halogens is 1. The molecule has 0 spiro atoms. The molecule has 2 aromatic rings. The van der Waals surface area contributed by atoms with Crippen LogP contribution in [-0.2, 0) is 0 Å². The Hall–Kier alpha value is -1.82. The van der Waals surface area contributed by atoms with Gasteiger partial charge in [-0.05, 0) is 17.7 Å². The first kappa shape index (κ1) is 11.7. The predicted molar refractivity (Wildman–Crippen MR) is 69.2 cm³/mol. The maximum absolute atomic E-state index is 11.8. The van der Waals surface area contributed by atoms with E-state index in [4.69, 9.17) is 0 Å². The average Bonchev–Trinajstić information content (AvgIpc) is 2.28. The zero-order valence-electron chi connectivity index (χ0n) is 8.99. The van der Waals surface area contributed by atoms with Crippen molar-refractivity contribution in [1.82, 2.24) is 9.97 Å². The number of hydrogen-bond acceptors (Lipinski definition) is 4. The fourth-order valence-corrected chi connectivity index (χ4v) is 1.88. The van der Waals surface area contributed by atoms with Gasteiger partial charge in [0.25, 0.3) is 5.56 Å². The normalized spacial score (nSPS) is 10.2. The van der Waals surface area contributed by atoms with E-state index in [0.717, 1.165) is 4.47 Å². The minimum atomic E-state index is -0.389. The lowest BCUT2D eigenvalue weighted by molar-refractivity contribution is 0.454. The summed E-state index contributed by atoms with van der Waals surface area (Å²) in [5, 5.41) is 12.4. The number of benzene rings is 1. The lowest BCUT2D eigenvalue weighted by Gasteiger charge is -2.05. The monoisotopic (exact) mass is 295 g/mol. The summed E-state index contributed by atoms with van der Waals surface area (Å²) in [4.78, 5) is 18.2. The molecular formula is C11H10BrN3O2. The first-order valence-electron chi connectivity index (χ1n) is 4.89. The van der Waals surface area contributed by atoms with Crippen LogP contribution in [0.5, 0.6) is 5.88 Å². The molecule has 0 saturated carbocycles. The van der Waals surface area contributed by atoms with Crippen LogP contribution in [0.25, 0.3) is 11.1 Å². The highest BCUT2D eigenvalue weighted by atomic mass is 79.9. The molecule has 0 aliphatic carbocycles. The summed E-state index contributed by atoms with van der Waals surface area (Å²) in [6.07, 6.45) is 0. The maximum Gasteiger partial charge on any atom is 0.264 e. The molecule has 3 N–H and O–H groups in total. The number of aromatic hydroxyl groups is 1. The number of nitrogens with one attached hydrogen (secondary N) is 2. The Bertz CT molecular complexity index is 610. The van der Waals surface area contributed by atoms with Crippen LogP contribution in [0.15, 0.2) is 33.5 Å². The zero-order valence-corrected chi connectivity index (χ0v) is 10.6. The Balaban J connectivity index is 2.64. The van der Waals surface area contributed by atoms with Crippen molar-refractivity contribution in [2.24, 2.45) is 0 Å². The molecule has 0 amide bonds. The number of H-pyrrole nitrogens is 1. The largest absolute Gasteiger partial charge is 0.493 e. The van der Waals surface area contributed by atoms with Crippen molar-refractivity contribution in [3.05, 3.63) is 39.1 Å². The van der Waals surface area contributed by atoms with Gasteiger partial charge in [0, 0.05) is 11.5 Å². The van der Waals surface area contributed by atoms with Gasteiger partial charge in [-0.2, -0.15) is 4.98 Å². The molecule has 0 fully saturated rings. The number of aromatic nitrogens is 2. The standard InChI is InChI=1S/C11H10BrN3O2/c1-13-11-14-9(16)8(10(17)15-11)6-3-2-4-7(12)5-6/h2-5H,1H3,(H3,13,14,15,16,17). The van der Waals surface area contributed by atoms with Crippen LogP contribution in [0, 0.1) is 0 Å². The van der Waals surface area contributed by atoms with Gasteiger partial charge >= 0.3 is 0 Å². The van der Waals surface area contributed by atoms with Gasteiger partial charge in [-0.3, -0.25) is 9.78 Å². The Labute approximate surface area is 106 Å². The summed E-state index contributed by atoms with van der Waals surface area (Å²) >= 11 is 3.31. The fourth-order valence-electron chi connectivity index (χ4n) is 1.48. The van der Waals surface area contributed by atoms with E-state index in [2.05, 4.69) is 31.2 Å². The second-order valence-electron chi connectivity index (χ2n) is 3.37. The molecule has 0 bridgehead atoms. The van der Waals surface area contributed by atoms with Crippen LogP contribution in [0.2, 0.25) is 0 Å². The minimum absolute atomic E-state index is 0.158. The summed E-state index contributed by atoms with van der Waals surface area (Å²) < 4.78 is 0.825. The van der Waals surface area contributed by atoms with Crippen LogP contribution in [-0.4, -0.2) is 22.1 Å². The summed E-state index contributed by atoms with van der Waals surface area (Å²) in [7, 11) is 1.61. The zero-order chi connectivity index (χ0) is 12.4. The summed E-state index contributed by atoms with van der Waals surface area (Å²) in [5.41, 5.74) is 0.374. The molecule has 0 aliphatic rings. The smallest absolute Gasteiger partial charge is 0.264 e. The van der Waals surface area contributed by atoms with E-state index in [1.165, 1.54) is 0 Å². The van der Waals surface area contributed by atoms with Gasteiger partial charge in [0.15, 0.2) is 0 Å². The lowest BCUT2D eigenvalue weighted by Crippen LogP contribution is -2.13. The van der Waals surface area contributed by atoms with E-state index in [0.29, 0.717) is 5.56 Å². The molecule has 1 heterocycles. The quantitative estimate of drug-likeness (QED) is 0.791. The van der Waals surface area contributed by atoms with Gasteiger partial charge in [-0.25, -0.2) is 0 Å². The van der Waals surface area contributed by atoms with Crippen LogP contribution in [0.3, 0.4) is 0 Å². The van der Waals surface area contributed by atoms with Crippen LogP contribution in [0.4, 0.5) is 5.95 Å². The molecular weight excluding hydrogens is 286 g/mol. The van der Waals surface area contributed by atoms with Gasteiger partial charge in [0.1, 0.15) is 5.56 Å². The Morgan fingerprint density at radius 1 is 1.47 bits per heavy atom. The molecule has 1 aromatic heterocycles. The molecule has 0 atom stereocenters. The molecule has 1 aromatic carbocycles. The van der Waals surface area contributed by atoms with Crippen molar-refractivity contribution in [1.29, 1.82) is 0 Å². The van der Waals surface area contributed by atoms with E-state index in [1.54, 1.807) is 25.2 Å². The minimum Gasteiger partial charge on any atom is -0.493 e. The van der Waals surface area contributed by atoms with E-state index in [1.807, 2.05) is 6.07 Å². The van der Waals surface area contributed by atoms with Crippen molar-refractivity contribution in [3.8, 4) is 17.0 Å². The second kappa shape index (κ2) is 4.58. The third kappa shape index (κ3) is 2.31. The molecule has 6 heteroatoms. The summed E-state index contributed by atoms with van der Waals surface area (Å²) in [6.45, 7) is 0. The number of anilines is 1. The number of rotatable bonds is 2. The maximum atomic E-state index is 11.8. The van der Waals surface area contributed by atoms with Crippen LogP contribution >= 0.6 is 15.9 Å². The molecule has 0 aliphatic heterocycles. The Kier molecular flexibility index (Phi) is 3.14. The molecule has 17 heavy (non-hydrogen) atoms. The summed E-state index contributed by atoms with van der Waals surface area (Å²) in [5.74, 6) is -0.0672. The number of hydrogen-bond donors (Lipinski definition) is 3. The third-order valence-corrected chi connectivity index (χ3v) is 2.74. The third-order valence-electron chi connectivity index (χ3n) is 2.25. The van der Waals surface area contributed by atoms with Gasteiger partial charge in [0.2, 0.25) is 11.8 Å². The molecule has 0 unspecified atom stereocenters. The van der Waals surface area contributed by atoms with Gasteiger partial charge < -0.3 is 10.4 Å². The predicted octanol–water partition coefficient (Wildman–Crippen LogP) is 1.95. The van der Waals surface area contributed by atoms with Crippen LogP contribution in [0.1, 0.15) is 0 Å². The van der Waals surface area contributed by atoms with Crippen molar-refractivity contribution < 1.29 is 5.11 Å². The van der Waals surface area contributed by atoms with Crippen molar-refractivity contribution in [2.75, 3.05) is 12.4 Å². The number of nitrogens with zero attached hydrogens (tertiary/aromatic N) is 1. The van der Waals surface area contributed by atoms with E-state index in [-0.39, 0.29) is 23.0 Å². The summed E-state index contributed by atoms with van der Waals surface area (Å²) in [6, 6.07) is 7.09. The van der Waals surface area contributed by atoms with E-state index >= 15 is 0 Å². The lowest BCUT2D eigenvalue weighted by atomic mass is 10.1. The molecule has 5 nitrogen and oxygen atoms in total. The highest BCUT2D eigenvalue weighted by molar-refractivity contribution is 9.10. The fraction of sp³-hybridized carbons (Fsp3) is 0.0909. The number of aromatic amines is 1. The molecule has 0 radical (unpaired) electrons. The highest BCUT2D eigenvalue weighted by Gasteiger charge is 2.12.